The average molecular weight is 213 g/mol. The predicted octanol–water partition coefficient (Wildman–Crippen LogP) is 2.56. The van der Waals surface area contributed by atoms with E-state index in [4.69, 9.17) is 0 Å². The van der Waals surface area contributed by atoms with Gasteiger partial charge in [-0.15, -0.1) is 11.3 Å². The first-order valence-corrected chi connectivity index (χ1v) is 6.14. The van der Waals surface area contributed by atoms with Crippen molar-refractivity contribution in [3.8, 4) is 0 Å². The van der Waals surface area contributed by atoms with Gasteiger partial charge in [0.1, 0.15) is 0 Å². The lowest BCUT2D eigenvalue weighted by molar-refractivity contribution is 0.170. The first kappa shape index (κ1) is 11.7. The first-order valence-electron chi connectivity index (χ1n) is 5.26. The molecule has 1 rings (SSSR count). The maximum atomic E-state index is 9.74. The highest BCUT2D eigenvalue weighted by molar-refractivity contribution is 7.10. The third-order valence-electron chi connectivity index (χ3n) is 2.17. The molecule has 0 radical (unpaired) electrons. The van der Waals surface area contributed by atoms with Crippen molar-refractivity contribution in [1.29, 1.82) is 0 Å². The van der Waals surface area contributed by atoms with Gasteiger partial charge in [0.15, 0.2) is 0 Å². The summed E-state index contributed by atoms with van der Waals surface area (Å²) in [6.07, 6.45) is 2.96. The number of hydrogen-bond donors (Lipinski definition) is 2. The third kappa shape index (κ3) is 4.22. The minimum Gasteiger partial charge on any atom is -0.388 e. The largest absolute Gasteiger partial charge is 0.388 e. The summed E-state index contributed by atoms with van der Waals surface area (Å²) in [5, 5.41) is 15.1. The maximum Gasteiger partial charge on any atom is 0.0894 e. The van der Waals surface area contributed by atoms with Crippen molar-refractivity contribution >= 4 is 11.3 Å². The second kappa shape index (κ2) is 6.98. The number of hydrogen-bond acceptors (Lipinski definition) is 3. The molecule has 1 aromatic heterocycles. The van der Waals surface area contributed by atoms with E-state index in [0.717, 1.165) is 24.4 Å². The van der Waals surface area contributed by atoms with E-state index in [2.05, 4.69) is 12.2 Å². The van der Waals surface area contributed by atoms with Gasteiger partial charge in [-0.3, -0.25) is 0 Å². The molecule has 0 aromatic carbocycles. The molecule has 2 nitrogen and oxygen atoms in total. The van der Waals surface area contributed by atoms with Gasteiger partial charge in [0.25, 0.3) is 0 Å². The molecule has 3 heteroatoms. The van der Waals surface area contributed by atoms with Crippen LogP contribution in [0.4, 0.5) is 0 Å². The molecule has 0 spiro atoms. The molecule has 0 aliphatic carbocycles. The van der Waals surface area contributed by atoms with Crippen molar-refractivity contribution in [3.63, 3.8) is 0 Å². The minimum atomic E-state index is -0.288. The van der Waals surface area contributed by atoms with E-state index in [0.29, 0.717) is 0 Å². The van der Waals surface area contributed by atoms with Gasteiger partial charge in [0.05, 0.1) is 6.10 Å². The average Bonchev–Trinajstić information content (AvgIpc) is 2.70. The molecule has 1 heterocycles. The van der Waals surface area contributed by atoms with Gasteiger partial charge in [0.2, 0.25) is 0 Å². The number of rotatable bonds is 7. The second-order valence-electron chi connectivity index (χ2n) is 3.42. The fourth-order valence-corrected chi connectivity index (χ4v) is 2.04. The van der Waals surface area contributed by atoms with Crippen LogP contribution < -0.4 is 5.32 Å². The van der Waals surface area contributed by atoms with E-state index < -0.39 is 0 Å². The summed E-state index contributed by atoms with van der Waals surface area (Å²) in [6.45, 7) is 4.15. The van der Waals surface area contributed by atoms with Crippen LogP contribution in [0, 0.1) is 0 Å². The Morgan fingerprint density at radius 3 is 3.00 bits per heavy atom. The summed E-state index contributed by atoms with van der Waals surface area (Å²) in [5.74, 6) is 0. The van der Waals surface area contributed by atoms with Crippen molar-refractivity contribution in [1.82, 2.24) is 5.32 Å². The minimum absolute atomic E-state index is 0.288. The Labute approximate surface area is 90.0 Å². The van der Waals surface area contributed by atoms with Crippen LogP contribution in [0.1, 0.15) is 37.2 Å². The zero-order valence-corrected chi connectivity index (χ0v) is 9.52. The van der Waals surface area contributed by atoms with Crippen LogP contribution in [0.5, 0.6) is 0 Å². The van der Waals surface area contributed by atoms with Crippen molar-refractivity contribution in [2.24, 2.45) is 0 Å². The molecule has 0 saturated heterocycles. The van der Waals surface area contributed by atoms with Crippen LogP contribution in [0.25, 0.3) is 0 Å². The molecule has 0 bridgehead atoms. The van der Waals surface area contributed by atoms with Crippen LogP contribution in [0.2, 0.25) is 0 Å². The standard InChI is InChI=1S/C11H19NOS/c1-2-3-7-12-8-6-10(13)11-5-4-9-14-11/h4-5,9-10,12-13H,2-3,6-8H2,1H3. The van der Waals surface area contributed by atoms with E-state index in [1.807, 2.05) is 17.5 Å². The van der Waals surface area contributed by atoms with Crippen molar-refractivity contribution < 1.29 is 5.11 Å². The van der Waals surface area contributed by atoms with E-state index in [1.54, 1.807) is 11.3 Å². The van der Waals surface area contributed by atoms with E-state index in [1.165, 1.54) is 12.8 Å². The van der Waals surface area contributed by atoms with E-state index >= 15 is 0 Å². The molecule has 0 amide bonds. The van der Waals surface area contributed by atoms with Crippen LogP contribution in [0.15, 0.2) is 17.5 Å². The fraction of sp³-hybridized carbons (Fsp3) is 0.636. The quantitative estimate of drug-likeness (QED) is 0.682. The number of nitrogens with one attached hydrogen (secondary N) is 1. The molecule has 1 aromatic rings. The SMILES string of the molecule is CCCCNCCC(O)c1cccs1. The third-order valence-corrected chi connectivity index (χ3v) is 3.15. The van der Waals surface area contributed by atoms with Gasteiger partial charge in [-0.05, 0) is 37.4 Å². The van der Waals surface area contributed by atoms with Crippen LogP contribution in [-0.2, 0) is 0 Å². The highest BCUT2D eigenvalue weighted by atomic mass is 32.1. The smallest absolute Gasteiger partial charge is 0.0894 e. The zero-order valence-electron chi connectivity index (χ0n) is 8.70. The predicted molar refractivity (Wildman–Crippen MR) is 61.7 cm³/mol. The summed E-state index contributed by atoms with van der Waals surface area (Å²) in [7, 11) is 0. The van der Waals surface area contributed by atoms with Gasteiger partial charge in [0, 0.05) is 4.88 Å². The lowest BCUT2D eigenvalue weighted by Gasteiger charge is -2.08. The number of aliphatic hydroxyl groups excluding tert-OH is 1. The van der Waals surface area contributed by atoms with Crippen LogP contribution in [-0.4, -0.2) is 18.2 Å². The van der Waals surface area contributed by atoms with Crippen molar-refractivity contribution in [2.75, 3.05) is 13.1 Å². The van der Waals surface area contributed by atoms with Gasteiger partial charge in [-0.25, -0.2) is 0 Å². The summed E-state index contributed by atoms with van der Waals surface area (Å²) in [5.41, 5.74) is 0. The van der Waals surface area contributed by atoms with Crippen molar-refractivity contribution in [2.45, 2.75) is 32.3 Å². The van der Waals surface area contributed by atoms with Gasteiger partial charge < -0.3 is 10.4 Å². The topological polar surface area (TPSA) is 32.3 Å². The highest BCUT2D eigenvalue weighted by Crippen LogP contribution is 2.20. The lowest BCUT2D eigenvalue weighted by atomic mass is 10.2. The molecule has 1 unspecified atom stereocenters. The molecule has 80 valence electrons. The maximum absolute atomic E-state index is 9.74. The Bertz CT molecular complexity index is 223. The summed E-state index contributed by atoms with van der Waals surface area (Å²) < 4.78 is 0. The van der Waals surface area contributed by atoms with Crippen LogP contribution >= 0.6 is 11.3 Å². The number of unbranched alkanes of at least 4 members (excludes halogenated alkanes) is 1. The Hall–Kier alpha value is -0.380. The van der Waals surface area contributed by atoms with Gasteiger partial charge in [-0.1, -0.05) is 19.4 Å². The van der Waals surface area contributed by atoms with Crippen LogP contribution in [0.3, 0.4) is 0 Å². The molecular weight excluding hydrogens is 194 g/mol. The molecular formula is C11H19NOS. The van der Waals surface area contributed by atoms with Gasteiger partial charge in [-0.2, -0.15) is 0 Å². The molecule has 1 atom stereocenters. The van der Waals surface area contributed by atoms with E-state index in [9.17, 15) is 5.11 Å². The second-order valence-corrected chi connectivity index (χ2v) is 4.40. The fourth-order valence-electron chi connectivity index (χ4n) is 1.29. The summed E-state index contributed by atoms with van der Waals surface area (Å²) >= 11 is 1.62. The molecule has 2 N–H and O–H groups in total. The Morgan fingerprint density at radius 2 is 2.36 bits per heavy atom. The number of aliphatic hydroxyl groups is 1. The Balaban J connectivity index is 2.07. The van der Waals surface area contributed by atoms with Crippen molar-refractivity contribution in [3.05, 3.63) is 22.4 Å². The summed E-state index contributed by atoms with van der Waals surface area (Å²) in [4.78, 5) is 1.07. The molecule has 0 aliphatic rings. The molecule has 0 aliphatic heterocycles. The first-order chi connectivity index (χ1) is 6.84. The monoisotopic (exact) mass is 213 g/mol. The highest BCUT2D eigenvalue weighted by Gasteiger charge is 2.06. The van der Waals surface area contributed by atoms with E-state index in [-0.39, 0.29) is 6.10 Å². The normalized spacial score (nSPS) is 13.0. The Morgan fingerprint density at radius 1 is 1.50 bits per heavy atom. The summed E-state index contributed by atoms with van der Waals surface area (Å²) in [6, 6.07) is 3.97. The molecule has 0 fully saturated rings. The molecule has 0 saturated carbocycles. The number of thiophene rings is 1. The van der Waals surface area contributed by atoms with Gasteiger partial charge >= 0.3 is 0 Å². The molecule has 14 heavy (non-hydrogen) atoms. The zero-order chi connectivity index (χ0) is 10.2. The lowest BCUT2D eigenvalue weighted by Crippen LogP contribution is -2.18. The Kier molecular flexibility index (Phi) is 5.83.